The van der Waals surface area contributed by atoms with E-state index in [-0.39, 0.29) is 25.7 Å². The number of hydrogen-bond acceptors (Lipinski definition) is 8. The number of carbonyl (C=O) groups excluding carboxylic acids is 1. The quantitative estimate of drug-likeness (QED) is 0.192. The maximum absolute atomic E-state index is 13.3. The van der Waals surface area contributed by atoms with Gasteiger partial charge in [0.2, 0.25) is 0 Å². The van der Waals surface area contributed by atoms with E-state index >= 15 is 0 Å². The minimum absolute atomic E-state index is 0.00412. The van der Waals surface area contributed by atoms with Crippen LogP contribution in [0.25, 0.3) is 11.1 Å². The summed E-state index contributed by atoms with van der Waals surface area (Å²) < 4.78 is 17.9. The van der Waals surface area contributed by atoms with Gasteiger partial charge in [0, 0.05) is 61.3 Å². The molecule has 1 aliphatic heterocycles. The molecule has 0 bridgehead atoms. The number of hydrogen-bond donors (Lipinski definition) is 2. The third kappa shape index (κ3) is 7.84. The van der Waals surface area contributed by atoms with Crippen LogP contribution < -0.4 is 14.8 Å². The zero-order chi connectivity index (χ0) is 32.5. The van der Waals surface area contributed by atoms with E-state index < -0.39 is 0 Å². The van der Waals surface area contributed by atoms with Crippen LogP contribution in [0.5, 0.6) is 11.5 Å². The standard InChI is InChI=1S/C36H37ClN4O5/c1-24-28(5-3-6-30(24)31-7-4-8-32(25(31)2)36(43)41-10-13-44-14-11-41)23-46-35-17-34(29(16-33(35)37)21-39-9-12-42)45-22-27-15-26(18-38)19-40-20-27/h3-8,15-17,19-20,39,42H,9-14,21-23H2,1-2H3. The molecule has 0 saturated carbocycles. The van der Waals surface area contributed by atoms with Gasteiger partial charge in [-0.3, -0.25) is 9.78 Å². The van der Waals surface area contributed by atoms with Gasteiger partial charge in [0.1, 0.15) is 30.8 Å². The zero-order valence-corrected chi connectivity index (χ0v) is 26.8. The van der Waals surface area contributed by atoms with Crippen LogP contribution in [-0.4, -0.2) is 60.4 Å². The Morgan fingerprint density at radius 3 is 2.50 bits per heavy atom. The average molecular weight is 641 g/mol. The summed E-state index contributed by atoms with van der Waals surface area (Å²) >= 11 is 6.69. The fourth-order valence-corrected chi connectivity index (χ4v) is 5.67. The number of carbonyl (C=O) groups is 1. The van der Waals surface area contributed by atoms with Crippen LogP contribution in [0.2, 0.25) is 5.02 Å². The first-order chi connectivity index (χ1) is 22.4. The lowest BCUT2D eigenvalue weighted by Gasteiger charge is -2.27. The number of rotatable bonds is 12. The topological polar surface area (TPSA) is 117 Å². The number of pyridine rings is 1. The normalized spacial score (nSPS) is 12.9. The summed E-state index contributed by atoms with van der Waals surface area (Å²) in [5, 5.41) is 22.0. The van der Waals surface area contributed by atoms with Crippen molar-refractivity contribution >= 4 is 17.5 Å². The van der Waals surface area contributed by atoms with E-state index in [1.165, 1.54) is 6.20 Å². The number of aromatic nitrogens is 1. The summed E-state index contributed by atoms with van der Waals surface area (Å²) in [6, 6.07) is 19.3. The molecule has 9 nitrogen and oxygen atoms in total. The van der Waals surface area contributed by atoms with Crippen molar-refractivity contribution in [2.24, 2.45) is 0 Å². The van der Waals surface area contributed by atoms with E-state index in [1.807, 2.05) is 42.2 Å². The van der Waals surface area contributed by atoms with Gasteiger partial charge in [0.25, 0.3) is 5.91 Å². The minimum atomic E-state index is 0.00412. The lowest BCUT2D eigenvalue weighted by atomic mass is 9.91. The number of morpholine rings is 1. The maximum atomic E-state index is 13.3. The van der Waals surface area contributed by atoms with E-state index in [9.17, 15) is 15.2 Å². The maximum Gasteiger partial charge on any atom is 0.254 e. The lowest BCUT2D eigenvalue weighted by Crippen LogP contribution is -2.41. The van der Waals surface area contributed by atoms with Crippen molar-refractivity contribution in [2.45, 2.75) is 33.6 Å². The molecule has 1 fully saturated rings. The molecule has 238 valence electrons. The average Bonchev–Trinajstić information content (AvgIpc) is 3.08. The lowest BCUT2D eigenvalue weighted by molar-refractivity contribution is 0.0302. The summed E-state index contributed by atoms with van der Waals surface area (Å²) in [6.07, 6.45) is 3.16. The van der Waals surface area contributed by atoms with Crippen LogP contribution in [0.3, 0.4) is 0 Å². The minimum Gasteiger partial charge on any atom is -0.488 e. The van der Waals surface area contributed by atoms with E-state index in [1.54, 1.807) is 24.4 Å². The molecule has 46 heavy (non-hydrogen) atoms. The van der Waals surface area contributed by atoms with Gasteiger partial charge in [-0.05, 0) is 59.9 Å². The molecule has 0 aliphatic carbocycles. The molecule has 5 rings (SSSR count). The van der Waals surface area contributed by atoms with Gasteiger partial charge in [-0.25, -0.2) is 0 Å². The van der Waals surface area contributed by atoms with Crippen molar-refractivity contribution in [3.05, 3.63) is 111 Å². The number of nitrogens with one attached hydrogen (secondary N) is 1. The molecular weight excluding hydrogens is 604 g/mol. The highest BCUT2D eigenvalue weighted by atomic mass is 35.5. The summed E-state index contributed by atoms with van der Waals surface area (Å²) in [6.45, 7) is 7.67. The van der Waals surface area contributed by atoms with Crippen molar-refractivity contribution in [2.75, 3.05) is 39.5 Å². The monoisotopic (exact) mass is 640 g/mol. The second-order valence-electron chi connectivity index (χ2n) is 11.0. The Kier molecular flexibility index (Phi) is 11.2. The molecule has 1 amide bonds. The Balaban J connectivity index is 1.36. The summed E-state index contributed by atoms with van der Waals surface area (Å²) in [5.74, 6) is 1.05. The SMILES string of the molecule is Cc1c(COc2cc(OCc3cncc(C#N)c3)c(CNCCO)cc2Cl)cccc1-c1cccc(C(=O)N2CCOCC2)c1C. The molecule has 0 unspecified atom stereocenters. The van der Waals surface area contributed by atoms with Gasteiger partial charge in [-0.1, -0.05) is 41.9 Å². The van der Waals surface area contributed by atoms with Crippen LogP contribution >= 0.6 is 11.6 Å². The molecule has 1 aliphatic rings. The van der Waals surface area contributed by atoms with Crippen LogP contribution in [0.1, 0.15) is 43.7 Å². The molecule has 3 aromatic carbocycles. The molecule has 2 heterocycles. The first kappa shape index (κ1) is 32.9. The highest BCUT2D eigenvalue weighted by Gasteiger charge is 2.22. The van der Waals surface area contributed by atoms with E-state index in [2.05, 4.69) is 29.4 Å². The number of nitrogens with zero attached hydrogens (tertiary/aromatic N) is 3. The Bertz CT molecular complexity index is 1730. The van der Waals surface area contributed by atoms with Gasteiger partial charge in [0.05, 0.1) is 30.4 Å². The van der Waals surface area contributed by atoms with Crippen LogP contribution in [0, 0.1) is 25.2 Å². The Hall–Kier alpha value is -4.46. The fourth-order valence-electron chi connectivity index (χ4n) is 5.43. The molecule has 0 atom stereocenters. The second-order valence-corrected chi connectivity index (χ2v) is 11.4. The van der Waals surface area contributed by atoms with Gasteiger partial charge < -0.3 is 29.5 Å². The van der Waals surface area contributed by atoms with Gasteiger partial charge in [-0.15, -0.1) is 0 Å². The van der Waals surface area contributed by atoms with Crippen LogP contribution in [0.4, 0.5) is 0 Å². The van der Waals surface area contributed by atoms with Crippen molar-refractivity contribution in [1.82, 2.24) is 15.2 Å². The molecule has 4 aromatic rings. The number of ether oxygens (including phenoxy) is 3. The smallest absolute Gasteiger partial charge is 0.254 e. The summed E-state index contributed by atoms with van der Waals surface area (Å²) in [4.78, 5) is 19.3. The number of nitriles is 1. The number of halogens is 1. The molecule has 2 N–H and O–H groups in total. The third-order valence-electron chi connectivity index (χ3n) is 8.02. The number of aliphatic hydroxyl groups is 1. The number of aliphatic hydroxyl groups excluding tert-OH is 1. The molecular formula is C36H37ClN4O5. The number of amides is 1. The van der Waals surface area contributed by atoms with Crippen molar-refractivity contribution in [1.29, 1.82) is 5.26 Å². The largest absolute Gasteiger partial charge is 0.488 e. The van der Waals surface area contributed by atoms with E-state index in [4.69, 9.17) is 25.8 Å². The molecule has 0 spiro atoms. The van der Waals surface area contributed by atoms with E-state index in [0.29, 0.717) is 67.0 Å². The molecule has 0 radical (unpaired) electrons. The van der Waals surface area contributed by atoms with Gasteiger partial charge >= 0.3 is 0 Å². The predicted octanol–water partition coefficient (Wildman–Crippen LogP) is 5.60. The Morgan fingerprint density at radius 1 is 1.00 bits per heavy atom. The zero-order valence-electron chi connectivity index (χ0n) is 26.0. The third-order valence-corrected chi connectivity index (χ3v) is 8.31. The molecule has 10 heteroatoms. The Labute approximate surface area is 274 Å². The fraction of sp³-hybridized carbons (Fsp3) is 0.306. The highest BCUT2D eigenvalue weighted by molar-refractivity contribution is 6.32. The van der Waals surface area contributed by atoms with Crippen LogP contribution in [0.15, 0.2) is 67.0 Å². The first-order valence-electron chi connectivity index (χ1n) is 15.2. The summed E-state index contributed by atoms with van der Waals surface area (Å²) in [7, 11) is 0. The highest BCUT2D eigenvalue weighted by Crippen LogP contribution is 2.35. The van der Waals surface area contributed by atoms with Crippen molar-refractivity contribution < 1.29 is 24.1 Å². The van der Waals surface area contributed by atoms with E-state index in [0.717, 1.165) is 38.9 Å². The predicted molar refractivity (Wildman–Crippen MR) is 176 cm³/mol. The summed E-state index contributed by atoms with van der Waals surface area (Å²) in [5.41, 5.74) is 7.70. The van der Waals surface area contributed by atoms with Gasteiger partial charge in [0.15, 0.2) is 0 Å². The molecule has 1 aromatic heterocycles. The van der Waals surface area contributed by atoms with Crippen LogP contribution in [-0.2, 0) is 24.5 Å². The Morgan fingerprint density at radius 2 is 1.74 bits per heavy atom. The van der Waals surface area contributed by atoms with Crippen molar-refractivity contribution in [3.8, 4) is 28.7 Å². The molecule has 1 saturated heterocycles. The van der Waals surface area contributed by atoms with Gasteiger partial charge in [-0.2, -0.15) is 5.26 Å². The number of benzene rings is 3. The van der Waals surface area contributed by atoms with Crippen molar-refractivity contribution in [3.63, 3.8) is 0 Å². The first-order valence-corrected chi connectivity index (χ1v) is 15.6. The second kappa shape index (κ2) is 15.7.